The van der Waals surface area contributed by atoms with Crippen LogP contribution < -0.4 is 0 Å². The molecule has 0 bridgehead atoms. The Balaban J connectivity index is 1.85. The highest BCUT2D eigenvalue weighted by Gasteiger charge is 2.14. The fraction of sp³-hybridized carbons (Fsp3) is 0.0714. The number of benzene rings is 6. The molecule has 0 heterocycles. The van der Waals surface area contributed by atoms with Crippen LogP contribution in [0.1, 0.15) is 11.1 Å². The molecule has 6 rings (SSSR count). The van der Waals surface area contributed by atoms with Crippen LogP contribution in [0.25, 0.3) is 54.2 Å². The number of hydrogen-bond donors (Lipinski definition) is 0. The Morgan fingerprint density at radius 1 is 0.429 bits per heavy atom. The fourth-order valence-electron chi connectivity index (χ4n) is 4.96. The molecule has 0 saturated carbocycles. The van der Waals surface area contributed by atoms with Crippen LogP contribution in [0.15, 0.2) is 84.9 Å². The van der Waals surface area contributed by atoms with Gasteiger partial charge in [-0.2, -0.15) is 0 Å². The summed E-state index contributed by atoms with van der Waals surface area (Å²) >= 11 is 0. The van der Waals surface area contributed by atoms with E-state index in [9.17, 15) is 0 Å². The summed E-state index contributed by atoms with van der Waals surface area (Å²) in [6.45, 7) is 4.35. The zero-order chi connectivity index (χ0) is 18.8. The summed E-state index contributed by atoms with van der Waals surface area (Å²) in [6.07, 6.45) is 0. The smallest absolute Gasteiger partial charge is 0.00259 e. The Morgan fingerprint density at radius 2 is 0.929 bits per heavy atom. The van der Waals surface area contributed by atoms with Gasteiger partial charge in [0.25, 0.3) is 0 Å². The van der Waals surface area contributed by atoms with Gasteiger partial charge in [0, 0.05) is 0 Å². The fourth-order valence-corrected chi connectivity index (χ4v) is 4.96. The third-order valence-electron chi connectivity index (χ3n) is 6.02. The molecule has 6 aromatic carbocycles. The van der Waals surface area contributed by atoms with Crippen molar-refractivity contribution in [3.63, 3.8) is 0 Å². The van der Waals surface area contributed by atoms with Crippen molar-refractivity contribution in [1.29, 1.82) is 0 Å². The zero-order valence-electron chi connectivity index (χ0n) is 16.1. The number of aryl methyl sites for hydroxylation is 2. The van der Waals surface area contributed by atoms with Crippen molar-refractivity contribution >= 4 is 43.1 Å². The van der Waals surface area contributed by atoms with Gasteiger partial charge in [0.2, 0.25) is 0 Å². The third-order valence-corrected chi connectivity index (χ3v) is 6.02. The number of fused-ring (bicyclic) bond motifs is 2. The Kier molecular flexibility index (Phi) is 3.11. The van der Waals surface area contributed by atoms with E-state index in [1.165, 1.54) is 65.3 Å². The number of hydrogen-bond acceptors (Lipinski definition) is 0. The normalized spacial score (nSPS) is 11.9. The largest absolute Gasteiger partial charge is 0.0610 e. The predicted octanol–water partition coefficient (Wildman–Crippen LogP) is 8.02. The maximum absolute atomic E-state index is 2.39. The quantitative estimate of drug-likeness (QED) is 0.207. The topological polar surface area (TPSA) is 0 Å². The van der Waals surface area contributed by atoms with E-state index in [1.54, 1.807) is 0 Å². The van der Waals surface area contributed by atoms with Gasteiger partial charge in [0.05, 0.1) is 0 Å². The first-order chi connectivity index (χ1) is 13.7. The molecule has 132 valence electrons. The van der Waals surface area contributed by atoms with Crippen LogP contribution in [0.4, 0.5) is 0 Å². The molecule has 0 N–H and O–H groups in total. The van der Waals surface area contributed by atoms with Crippen LogP contribution in [0.2, 0.25) is 0 Å². The van der Waals surface area contributed by atoms with Gasteiger partial charge >= 0.3 is 0 Å². The molecule has 0 amide bonds. The lowest BCUT2D eigenvalue weighted by Crippen LogP contribution is -1.89. The first-order valence-corrected chi connectivity index (χ1v) is 9.87. The molecule has 0 atom stereocenters. The molecule has 0 nitrogen and oxygen atoms in total. The highest BCUT2D eigenvalue weighted by atomic mass is 14.2. The van der Waals surface area contributed by atoms with Gasteiger partial charge in [-0.3, -0.25) is 0 Å². The summed E-state index contributed by atoms with van der Waals surface area (Å²) < 4.78 is 0. The minimum Gasteiger partial charge on any atom is -0.0610 e. The lowest BCUT2D eigenvalue weighted by Gasteiger charge is -2.16. The molecule has 0 spiro atoms. The highest BCUT2D eigenvalue weighted by molar-refractivity contribution is 6.33. The zero-order valence-corrected chi connectivity index (χ0v) is 16.1. The second kappa shape index (κ2) is 5.56. The molecule has 6 aromatic rings. The van der Waals surface area contributed by atoms with Crippen LogP contribution in [-0.4, -0.2) is 0 Å². The van der Waals surface area contributed by atoms with Gasteiger partial charge in [-0.25, -0.2) is 0 Å². The Bertz CT molecular complexity index is 1490. The van der Waals surface area contributed by atoms with Crippen molar-refractivity contribution in [1.82, 2.24) is 0 Å². The third kappa shape index (κ3) is 2.12. The van der Waals surface area contributed by atoms with E-state index in [1.807, 2.05) is 0 Å². The molecule has 0 heteroatoms. The summed E-state index contributed by atoms with van der Waals surface area (Å²) in [5.74, 6) is 0. The van der Waals surface area contributed by atoms with E-state index in [0.29, 0.717) is 0 Å². The van der Waals surface area contributed by atoms with E-state index in [0.717, 1.165) is 0 Å². The predicted molar refractivity (Wildman–Crippen MR) is 123 cm³/mol. The summed E-state index contributed by atoms with van der Waals surface area (Å²) in [5.41, 5.74) is 5.21. The maximum Gasteiger partial charge on any atom is -0.00259 e. The molecule has 0 aliphatic rings. The first-order valence-electron chi connectivity index (χ1n) is 9.87. The van der Waals surface area contributed by atoms with Crippen molar-refractivity contribution in [2.24, 2.45) is 0 Å². The van der Waals surface area contributed by atoms with Gasteiger partial charge in [0.15, 0.2) is 0 Å². The van der Waals surface area contributed by atoms with Crippen LogP contribution in [-0.2, 0) is 0 Å². The van der Waals surface area contributed by atoms with Crippen molar-refractivity contribution in [2.75, 3.05) is 0 Å². The molecule has 0 aromatic heterocycles. The molecular weight excluding hydrogens is 336 g/mol. The van der Waals surface area contributed by atoms with E-state index >= 15 is 0 Å². The van der Waals surface area contributed by atoms with Crippen LogP contribution in [0.5, 0.6) is 0 Å². The Morgan fingerprint density at radius 3 is 1.57 bits per heavy atom. The second-order valence-electron chi connectivity index (χ2n) is 8.01. The standard InChI is InChI=1S/C28H20/c1-17-12-18(2)14-21(13-17)22-15-20-8-5-10-24-23-9-3-6-19-7-4-11-25(27(19)23)26(16-22)28(20)24/h3-16H,1-2H3. The van der Waals surface area contributed by atoms with Crippen molar-refractivity contribution in [2.45, 2.75) is 13.8 Å². The highest BCUT2D eigenvalue weighted by Crippen LogP contribution is 2.42. The minimum absolute atomic E-state index is 1.29. The molecule has 0 aliphatic heterocycles. The SMILES string of the molecule is Cc1cc(C)cc(-c2cc3cccc4c5cccc6cccc(c(c2)c34)c65)c1. The van der Waals surface area contributed by atoms with Crippen LogP contribution in [0.3, 0.4) is 0 Å². The van der Waals surface area contributed by atoms with Crippen molar-refractivity contribution < 1.29 is 0 Å². The molecule has 28 heavy (non-hydrogen) atoms. The molecule has 0 unspecified atom stereocenters. The Hall–Kier alpha value is -3.38. The van der Waals surface area contributed by atoms with Gasteiger partial charge in [-0.15, -0.1) is 0 Å². The second-order valence-corrected chi connectivity index (χ2v) is 8.01. The molecule has 0 aliphatic carbocycles. The summed E-state index contributed by atoms with van der Waals surface area (Å²) in [5, 5.41) is 10.8. The van der Waals surface area contributed by atoms with Crippen LogP contribution >= 0.6 is 0 Å². The Labute approximate surface area is 164 Å². The molecule has 0 radical (unpaired) electrons. The average molecular weight is 356 g/mol. The molecule has 0 saturated heterocycles. The van der Waals surface area contributed by atoms with Gasteiger partial charge in [-0.05, 0) is 80.2 Å². The maximum atomic E-state index is 2.39. The lowest BCUT2D eigenvalue weighted by molar-refractivity contribution is 1.38. The van der Waals surface area contributed by atoms with Crippen molar-refractivity contribution in [3.05, 3.63) is 96.1 Å². The van der Waals surface area contributed by atoms with E-state index in [4.69, 9.17) is 0 Å². The summed E-state index contributed by atoms with van der Waals surface area (Å²) in [4.78, 5) is 0. The van der Waals surface area contributed by atoms with E-state index in [2.05, 4.69) is 98.8 Å². The number of rotatable bonds is 1. The minimum atomic E-state index is 1.29. The monoisotopic (exact) mass is 356 g/mol. The lowest BCUT2D eigenvalue weighted by atomic mass is 9.87. The van der Waals surface area contributed by atoms with E-state index < -0.39 is 0 Å². The van der Waals surface area contributed by atoms with Gasteiger partial charge in [0.1, 0.15) is 0 Å². The van der Waals surface area contributed by atoms with Crippen molar-refractivity contribution in [3.8, 4) is 11.1 Å². The first kappa shape index (κ1) is 15.7. The molecule has 0 fully saturated rings. The van der Waals surface area contributed by atoms with E-state index in [-0.39, 0.29) is 0 Å². The summed E-state index contributed by atoms with van der Waals surface area (Å²) in [6, 6.07) is 31.6. The average Bonchev–Trinajstić information content (AvgIpc) is 2.70. The van der Waals surface area contributed by atoms with Gasteiger partial charge < -0.3 is 0 Å². The summed E-state index contributed by atoms with van der Waals surface area (Å²) in [7, 11) is 0. The van der Waals surface area contributed by atoms with Crippen LogP contribution in [0, 0.1) is 13.8 Å². The van der Waals surface area contributed by atoms with Gasteiger partial charge in [-0.1, -0.05) is 83.9 Å². The molecular formula is C28H20.